The third-order valence-electron chi connectivity index (χ3n) is 5.83. The number of carbonyl (C=O) groups is 1. The van der Waals surface area contributed by atoms with Crippen molar-refractivity contribution in [2.45, 2.75) is 58.0 Å². The quantitative estimate of drug-likeness (QED) is 0.397. The fourth-order valence-corrected chi connectivity index (χ4v) is 5.39. The van der Waals surface area contributed by atoms with Crippen LogP contribution >= 0.6 is 11.3 Å². The van der Waals surface area contributed by atoms with Crippen LogP contribution in [-0.4, -0.2) is 32.9 Å². The number of alkyl halides is 3. The Balaban J connectivity index is 1.84. The number of carbonyl (C=O) groups excluding carboxylic acids is 1. The van der Waals surface area contributed by atoms with E-state index in [0.717, 1.165) is 15.1 Å². The molecule has 11 heteroatoms. The Morgan fingerprint density at radius 1 is 1.19 bits per heavy atom. The summed E-state index contributed by atoms with van der Waals surface area (Å²) in [5, 5.41) is 22.1. The zero-order chi connectivity index (χ0) is 27.0. The zero-order valence-electron chi connectivity index (χ0n) is 20.5. The van der Waals surface area contributed by atoms with E-state index >= 15 is 0 Å². The molecule has 1 aliphatic rings. The van der Waals surface area contributed by atoms with E-state index in [9.17, 15) is 23.2 Å². The van der Waals surface area contributed by atoms with Gasteiger partial charge in [-0.15, -0.1) is 11.3 Å². The van der Waals surface area contributed by atoms with Crippen LogP contribution in [0, 0.1) is 22.7 Å². The highest BCUT2D eigenvalue weighted by molar-refractivity contribution is 7.12. The maximum absolute atomic E-state index is 14.0. The van der Waals surface area contributed by atoms with Gasteiger partial charge in [0.25, 0.3) is 0 Å². The van der Waals surface area contributed by atoms with Gasteiger partial charge in [0.2, 0.25) is 0 Å². The predicted octanol–water partition coefficient (Wildman–Crippen LogP) is 6.30. The van der Waals surface area contributed by atoms with Crippen LogP contribution in [0.25, 0.3) is 11.1 Å². The number of benzene rings is 1. The number of halogens is 3. The highest BCUT2D eigenvalue weighted by atomic mass is 32.1. The fourth-order valence-electron chi connectivity index (χ4n) is 4.36. The Bertz CT molecular complexity index is 1410. The Hall–Kier alpha value is -3.83. The second kappa shape index (κ2) is 9.91. The number of aromatic nitrogens is 2. The normalized spacial score (nSPS) is 15.6. The van der Waals surface area contributed by atoms with E-state index < -0.39 is 29.5 Å². The smallest absolute Gasteiger partial charge is 0.435 e. The van der Waals surface area contributed by atoms with Crippen LogP contribution in [0.3, 0.4) is 0 Å². The van der Waals surface area contributed by atoms with Gasteiger partial charge in [-0.1, -0.05) is 24.3 Å². The van der Waals surface area contributed by atoms with Crippen molar-refractivity contribution in [1.29, 1.82) is 10.5 Å². The first-order valence-electron chi connectivity index (χ1n) is 11.5. The molecule has 1 unspecified atom stereocenters. The van der Waals surface area contributed by atoms with Gasteiger partial charge in [0.05, 0.1) is 25.6 Å². The molecule has 0 spiro atoms. The predicted molar refractivity (Wildman–Crippen MR) is 130 cm³/mol. The first-order valence-corrected chi connectivity index (χ1v) is 12.3. The molecule has 37 heavy (non-hydrogen) atoms. The van der Waals surface area contributed by atoms with Gasteiger partial charge in [0.1, 0.15) is 16.5 Å². The summed E-state index contributed by atoms with van der Waals surface area (Å²) in [4.78, 5) is 15.7. The molecule has 7 nitrogen and oxygen atoms in total. The minimum Gasteiger partial charge on any atom is -0.444 e. The molecule has 0 N–H and O–H groups in total. The van der Waals surface area contributed by atoms with Crippen LogP contribution in [0.15, 0.2) is 36.5 Å². The van der Waals surface area contributed by atoms with Crippen molar-refractivity contribution < 1.29 is 22.7 Å². The summed E-state index contributed by atoms with van der Waals surface area (Å²) in [6.45, 7) is 5.72. The maximum atomic E-state index is 14.0. The zero-order valence-corrected chi connectivity index (χ0v) is 21.3. The van der Waals surface area contributed by atoms with Gasteiger partial charge in [-0.25, -0.2) is 4.79 Å². The number of nitriles is 2. The van der Waals surface area contributed by atoms with Crippen LogP contribution in [0.4, 0.5) is 18.0 Å². The maximum Gasteiger partial charge on any atom is 0.435 e. The number of hydrogen-bond donors (Lipinski definition) is 0. The first-order chi connectivity index (χ1) is 17.4. The second-order valence-corrected chi connectivity index (χ2v) is 10.8. The molecule has 3 aromatic rings. The minimum absolute atomic E-state index is 0.0166. The van der Waals surface area contributed by atoms with Gasteiger partial charge in [0, 0.05) is 29.1 Å². The molecule has 0 saturated carbocycles. The number of amides is 1. The van der Waals surface area contributed by atoms with E-state index in [1.807, 2.05) is 6.07 Å². The standard InChI is InChI=1S/C26H24F3N5O2S/c1-25(2,3)36-24(35)33-13-20(19-11-16(12-31)37-22(19)15-33)17-7-4-5-8-18(17)21-14-34(10-6-9-30)32-23(21)26(27,28)29/h4-5,7-8,11,14,20H,6,10,13,15H2,1-3H3. The summed E-state index contributed by atoms with van der Waals surface area (Å²) in [5.41, 5.74) is -0.167. The molecule has 1 atom stereocenters. The van der Waals surface area contributed by atoms with E-state index in [1.54, 1.807) is 51.1 Å². The molecule has 0 fully saturated rings. The molecule has 3 heterocycles. The van der Waals surface area contributed by atoms with Gasteiger partial charge < -0.3 is 9.64 Å². The molecule has 2 aromatic heterocycles. The van der Waals surface area contributed by atoms with Crippen molar-refractivity contribution in [2.24, 2.45) is 0 Å². The number of fused-ring (bicyclic) bond motifs is 1. The molecular formula is C26H24F3N5O2S. The van der Waals surface area contributed by atoms with E-state index in [0.29, 0.717) is 16.0 Å². The number of nitrogens with zero attached hydrogens (tertiary/aromatic N) is 5. The van der Waals surface area contributed by atoms with Gasteiger partial charge >= 0.3 is 12.3 Å². The highest BCUT2D eigenvalue weighted by Gasteiger charge is 2.40. The van der Waals surface area contributed by atoms with Crippen molar-refractivity contribution in [3.05, 3.63) is 63.1 Å². The van der Waals surface area contributed by atoms with Crippen LogP contribution in [0.2, 0.25) is 0 Å². The van der Waals surface area contributed by atoms with Crippen molar-refractivity contribution in [3.63, 3.8) is 0 Å². The Morgan fingerprint density at radius 2 is 1.92 bits per heavy atom. The number of rotatable bonds is 4. The molecule has 0 radical (unpaired) electrons. The lowest BCUT2D eigenvalue weighted by molar-refractivity contribution is -0.141. The first kappa shape index (κ1) is 26.2. The lowest BCUT2D eigenvalue weighted by Gasteiger charge is -2.35. The van der Waals surface area contributed by atoms with Crippen molar-refractivity contribution >= 4 is 17.4 Å². The monoisotopic (exact) mass is 527 g/mol. The minimum atomic E-state index is -4.71. The van der Waals surface area contributed by atoms with Crippen LogP contribution in [0.5, 0.6) is 0 Å². The summed E-state index contributed by atoms with van der Waals surface area (Å²) in [6, 6.07) is 12.5. The van der Waals surface area contributed by atoms with E-state index in [4.69, 9.17) is 10.00 Å². The SMILES string of the molecule is CC(C)(C)OC(=O)N1Cc2sc(C#N)cc2C(c2ccccc2-c2cn(CCC#N)nc2C(F)(F)F)C1. The molecule has 0 bridgehead atoms. The Morgan fingerprint density at radius 3 is 2.57 bits per heavy atom. The molecule has 1 aromatic carbocycles. The van der Waals surface area contributed by atoms with Crippen molar-refractivity contribution in [1.82, 2.24) is 14.7 Å². The van der Waals surface area contributed by atoms with Crippen molar-refractivity contribution in [3.8, 4) is 23.3 Å². The van der Waals surface area contributed by atoms with Crippen LogP contribution in [-0.2, 0) is 24.0 Å². The number of aryl methyl sites for hydroxylation is 1. The molecule has 0 saturated heterocycles. The lowest BCUT2D eigenvalue weighted by atomic mass is 9.84. The molecule has 1 aliphatic heterocycles. The molecule has 4 rings (SSSR count). The summed E-state index contributed by atoms with van der Waals surface area (Å²) in [5.74, 6) is -0.491. The third-order valence-corrected chi connectivity index (χ3v) is 6.87. The topological polar surface area (TPSA) is 94.9 Å². The number of hydrogen-bond acceptors (Lipinski definition) is 6. The number of thiophene rings is 1. The fraction of sp³-hybridized carbons (Fsp3) is 0.385. The van der Waals surface area contributed by atoms with Crippen LogP contribution in [0.1, 0.15) is 59.7 Å². The van der Waals surface area contributed by atoms with Gasteiger partial charge in [0.15, 0.2) is 5.69 Å². The van der Waals surface area contributed by atoms with E-state index in [2.05, 4.69) is 11.2 Å². The molecule has 192 valence electrons. The second-order valence-electron chi connectivity index (χ2n) is 9.66. The Kier molecular flexibility index (Phi) is 7.03. The average molecular weight is 528 g/mol. The van der Waals surface area contributed by atoms with Gasteiger partial charge in [-0.2, -0.15) is 28.8 Å². The summed E-state index contributed by atoms with van der Waals surface area (Å²) in [6.07, 6.45) is -3.92. The van der Waals surface area contributed by atoms with Crippen LogP contribution < -0.4 is 0 Å². The largest absolute Gasteiger partial charge is 0.444 e. The molecule has 0 aliphatic carbocycles. The molecular weight excluding hydrogens is 503 g/mol. The average Bonchev–Trinajstić information content (AvgIpc) is 3.45. The summed E-state index contributed by atoms with van der Waals surface area (Å²) >= 11 is 1.26. The van der Waals surface area contributed by atoms with Gasteiger partial charge in [-0.05, 0) is 43.5 Å². The number of ether oxygens (including phenoxy) is 1. The summed E-state index contributed by atoms with van der Waals surface area (Å²) < 4.78 is 48.7. The van der Waals surface area contributed by atoms with Crippen molar-refractivity contribution in [2.75, 3.05) is 6.54 Å². The molecule has 1 amide bonds. The van der Waals surface area contributed by atoms with E-state index in [1.165, 1.54) is 22.4 Å². The van der Waals surface area contributed by atoms with E-state index in [-0.39, 0.29) is 31.6 Å². The third kappa shape index (κ3) is 5.62. The lowest BCUT2D eigenvalue weighted by Crippen LogP contribution is -2.41. The Labute approximate surface area is 216 Å². The highest BCUT2D eigenvalue weighted by Crippen LogP contribution is 2.44. The van der Waals surface area contributed by atoms with Gasteiger partial charge in [-0.3, -0.25) is 4.68 Å². The summed E-state index contributed by atoms with van der Waals surface area (Å²) in [7, 11) is 0.